The fourth-order valence-electron chi connectivity index (χ4n) is 1.83. The van der Waals surface area contributed by atoms with Crippen LogP contribution in [-0.4, -0.2) is 40.5 Å². The molecule has 1 aromatic carbocycles. The van der Waals surface area contributed by atoms with E-state index in [1.807, 2.05) is 6.07 Å². The zero-order chi connectivity index (χ0) is 18.9. The second-order valence-corrected chi connectivity index (χ2v) is 6.20. The van der Waals surface area contributed by atoms with Crippen LogP contribution in [0.3, 0.4) is 0 Å². The fraction of sp³-hybridized carbons (Fsp3) is 0.412. The normalized spacial score (nSPS) is 11.6. The summed E-state index contributed by atoms with van der Waals surface area (Å²) in [7, 11) is 0. The van der Waals surface area contributed by atoms with Crippen LogP contribution in [0.5, 0.6) is 0 Å². The summed E-state index contributed by atoms with van der Waals surface area (Å²) in [5, 5.41) is 2.27. The summed E-state index contributed by atoms with van der Waals surface area (Å²) >= 11 is 0. The molecule has 8 nitrogen and oxygen atoms in total. The number of hydrogen-bond acceptors (Lipinski definition) is 5. The molecular formula is C17H21N3O5. The maximum absolute atomic E-state index is 11.9. The lowest BCUT2D eigenvalue weighted by Gasteiger charge is -2.21. The number of carbonyl (C=O) groups excluding carboxylic acids is 3. The lowest BCUT2D eigenvalue weighted by Crippen LogP contribution is -2.44. The highest BCUT2D eigenvalue weighted by atomic mass is 16.6. The van der Waals surface area contributed by atoms with Gasteiger partial charge in [0.15, 0.2) is 0 Å². The molecule has 0 aromatic heterocycles. The molecule has 1 atom stereocenters. The third-order valence-electron chi connectivity index (χ3n) is 2.82. The van der Waals surface area contributed by atoms with Gasteiger partial charge in [-0.05, 0) is 26.3 Å². The first-order valence-corrected chi connectivity index (χ1v) is 7.61. The summed E-state index contributed by atoms with van der Waals surface area (Å²) in [6.45, 7) is 5.05. The van der Waals surface area contributed by atoms with Crippen molar-refractivity contribution in [1.29, 1.82) is 0 Å². The predicted octanol–water partition coefficient (Wildman–Crippen LogP) is 1.88. The van der Waals surface area contributed by atoms with Gasteiger partial charge in [-0.25, -0.2) is 4.79 Å². The molecule has 0 fully saturated rings. The van der Waals surface area contributed by atoms with E-state index in [0.717, 1.165) is 5.56 Å². The zero-order valence-corrected chi connectivity index (χ0v) is 14.4. The molecular weight excluding hydrogens is 326 g/mol. The van der Waals surface area contributed by atoms with Gasteiger partial charge in [0.05, 0.1) is 6.42 Å². The molecule has 1 N–H and O–H groups in total. The van der Waals surface area contributed by atoms with E-state index in [-0.39, 0.29) is 6.61 Å². The maximum Gasteiger partial charge on any atom is 0.408 e. The summed E-state index contributed by atoms with van der Waals surface area (Å²) in [5.74, 6) is -1.44. The largest absolute Gasteiger partial charge is 0.460 e. The summed E-state index contributed by atoms with van der Waals surface area (Å²) in [6.07, 6.45) is -0.688. The summed E-state index contributed by atoms with van der Waals surface area (Å²) < 4.78 is 10.1. The average Bonchev–Trinajstić information content (AvgIpc) is 2.51. The number of hydrogen-bond donors (Lipinski definition) is 1. The second kappa shape index (κ2) is 9.34. The number of ketones is 1. The third-order valence-corrected chi connectivity index (χ3v) is 2.82. The van der Waals surface area contributed by atoms with Crippen molar-refractivity contribution in [3.05, 3.63) is 41.4 Å². The van der Waals surface area contributed by atoms with Crippen molar-refractivity contribution < 1.29 is 28.6 Å². The Hall–Kier alpha value is -2.99. The molecule has 1 aromatic rings. The Morgan fingerprint density at radius 2 is 1.88 bits per heavy atom. The van der Waals surface area contributed by atoms with E-state index in [1.165, 1.54) is 0 Å². The smallest absolute Gasteiger partial charge is 0.408 e. The number of nitrogens with one attached hydrogen (secondary N) is 1. The van der Waals surface area contributed by atoms with Crippen LogP contribution in [0.2, 0.25) is 0 Å². The quantitative estimate of drug-likeness (QED) is 0.350. The standard InChI is InChI=1S/C17H21N3O5/c1-17(2,3)25-15(22)9-13(14(21)10-19-18)20-16(23)24-11-12-7-5-4-6-8-12/h4-8,10,13H,9,11H2,1-3H3,(H,20,23)/t13-/m0/s1. The number of alkyl carbamates (subject to hydrolysis) is 1. The van der Waals surface area contributed by atoms with Crippen LogP contribution >= 0.6 is 0 Å². The number of esters is 1. The van der Waals surface area contributed by atoms with E-state index in [1.54, 1.807) is 45.0 Å². The SMILES string of the molecule is CC(C)(C)OC(=O)C[C@H](NC(=O)OCc1ccccc1)C(=O)C=[N+]=[N-]. The van der Waals surface area contributed by atoms with Crippen molar-refractivity contribution in [2.24, 2.45) is 0 Å². The van der Waals surface area contributed by atoms with Gasteiger partial charge in [0, 0.05) is 0 Å². The van der Waals surface area contributed by atoms with Gasteiger partial charge in [-0.2, -0.15) is 4.79 Å². The van der Waals surface area contributed by atoms with Crippen molar-refractivity contribution in [3.63, 3.8) is 0 Å². The molecule has 0 radical (unpaired) electrons. The molecule has 0 saturated carbocycles. The molecule has 25 heavy (non-hydrogen) atoms. The van der Waals surface area contributed by atoms with Crippen LogP contribution in [0, 0.1) is 0 Å². The lowest BCUT2D eigenvalue weighted by molar-refractivity contribution is -0.156. The minimum Gasteiger partial charge on any atom is -0.460 e. The first-order valence-electron chi connectivity index (χ1n) is 7.61. The highest BCUT2D eigenvalue weighted by Gasteiger charge is 2.28. The minimum absolute atomic E-state index is 0.00805. The number of amides is 1. The van der Waals surface area contributed by atoms with Crippen LogP contribution in [0.15, 0.2) is 30.3 Å². The molecule has 0 aliphatic rings. The number of rotatable bonds is 7. The van der Waals surface area contributed by atoms with Gasteiger partial charge < -0.3 is 20.3 Å². The van der Waals surface area contributed by atoms with E-state index >= 15 is 0 Å². The van der Waals surface area contributed by atoms with Gasteiger partial charge in [0.1, 0.15) is 18.2 Å². The number of benzene rings is 1. The first kappa shape index (κ1) is 20.1. The molecule has 0 saturated heterocycles. The number of nitrogens with zero attached hydrogens (tertiary/aromatic N) is 2. The van der Waals surface area contributed by atoms with Gasteiger partial charge in [-0.15, -0.1) is 0 Å². The second-order valence-electron chi connectivity index (χ2n) is 6.20. The van der Waals surface area contributed by atoms with Gasteiger partial charge in [0.2, 0.25) is 0 Å². The summed E-state index contributed by atoms with van der Waals surface area (Å²) in [4.78, 5) is 38.2. The molecule has 8 heteroatoms. The van der Waals surface area contributed by atoms with Crippen LogP contribution in [0.4, 0.5) is 4.79 Å². The molecule has 0 heterocycles. The predicted molar refractivity (Wildman–Crippen MR) is 88.7 cm³/mol. The highest BCUT2D eigenvalue weighted by Crippen LogP contribution is 2.10. The number of Topliss-reactive ketones (excluding diaryl/α,β-unsaturated/α-hetero) is 1. The van der Waals surface area contributed by atoms with E-state index in [4.69, 9.17) is 15.0 Å². The van der Waals surface area contributed by atoms with Gasteiger partial charge >= 0.3 is 18.3 Å². The average molecular weight is 347 g/mol. The number of ether oxygens (including phenoxy) is 2. The maximum atomic E-state index is 11.9. The molecule has 1 rings (SSSR count). The molecule has 1 amide bonds. The van der Waals surface area contributed by atoms with Crippen molar-refractivity contribution in [1.82, 2.24) is 5.32 Å². The Kier molecular flexibility index (Phi) is 7.49. The monoisotopic (exact) mass is 347 g/mol. The Labute approximate surface area is 145 Å². The third kappa shape index (κ3) is 8.43. The Bertz CT molecular complexity index is 661. The topological polar surface area (TPSA) is 118 Å². The Balaban J connectivity index is 2.66. The van der Waals surface area contributed by atoms with Crippen molar-refractivity contribution in [3.8, 4) is 0 Å². The zero-order valence-electron chi connectivity index (χ0n) is 14.4. The highest BCUT2D eigenvalue weighted by molar-refractivity contribution is 6.28. The van der Waals surface area contributed by atoms with Gasteiger partial charge in [-0.1, -0.05) is 30.3 Å². The molecule has 0 aliphatic heterocycles. The molecule has 0 unspecified atom stereocenters. The molecule has 0 bridgehead atoms. The van der Waals surface area contributed by atoms with Crippen molar-refractivity contribution in [2.75, 3.05) is 0 Å². The molecule has 0 spiro atoms. The summed E-state index contributed by atoms with van der Waals surface area (Å²) in [5.41, 5.74) is 8.52. The van der Waals surface area contributed by atoms with Crippen LogP contribution in [-0.2, 0) is 25.7 Å². The first-order chi connectivity index (χ1) is 11.7. The lowest BCUT2D eigenvalue weighted by atomic mass is 10.1. The van der Waals surface area contributed by atoms with Crippen molar-refractivity contribution in [2.45, 2.75) is 45.4 Å². The van der Waals surface area contributed by atoms with Crippen LogP contribution in [0.25, 0.3) is 5.53 Å². The van der Waals surface area contributed by atoms with Crippen LogP contribution in [0.1, 0.15) is 32.8 Å². The van der Waals surface area contributed by atoms with Crippen LogP contribution < -0.4 is 5.32 Å². The Morgan fingerprint density at radius 1 is 1.24 bits per heavy atom. The Morgan fingerprint density at radius 3 is 2.44 bits per heavy atom. The molecule has 0 aliphatic carbocycles. The van der Waals surface area contributed by atoms with Gasteiger partial charge in [0.25, 0.3) is 5.78 Å². The fourth-order valence-corrected chi connectivity index (χ4v) is 1.83. The van der Waals surface area contributed by atoms with E-state index in [0.29, 0.717) is 6.21 Å². The molecule has 134 valence electrons. The van der Waals surface area contributed by atoms with E-state index in [9.17, 15) is 14.4 Å². The number of carbonyl (C=O) groups is 3. The van der Waals surface area contributed by atoms with E-state index < -0.39 is 35.9 Å². The summed E-state index contributed by atoms with van der Waals surface area (Å²) in [6, 6.07) is 7.71. The van der Waals surface area contributed by atoms with E-state index in [2.05, 4.69) is 10.1 Å². The van der Waals surface area contributed by atoms with Gasteiger partial charge in [-0.3, -0.25) is 9.59 Å². The minimum atomic E-state index is -1.26. The van der Waals surface area contributed by atoms with Crippen molar-refractivity contribution >= 4 is 24.1 Å².